The van der Waals surface area contributed by atoms with Gasteiger partial charge in [0, 0.05) is 31.7 Å². The minimum Gasteiger partial charge on any atom is -0.389 e. The van der Waals surface area contributed by atoms with Gasteiger partial charge in [-0.2, -0.15) is 0 Å². The Kier molecular flexibility index (Phi) is 5.08. The second kappa shape index (κ2) is 7.50. The van der Waals surface area contributed by atoms with Crippen LogP contribution in [0.25, 0.3) is 11.0 Å². The molecule has 3 heterocycles. The van der Waals surface area contributed by atoms with Crippen LogP contribution >= 0.6 is 0 Å². The van der Waals surface area contributed by atoms with Crippen LogP contribution in [0.15, 0.2) is 18.2 Å². The third-order valence-corrected chi connectivity index (χ3v) is 5.63. The van der Waals surface area contributed by atoms with E-state index >= 15 is 0 Å². The number of nitrogens with zero attached hydrogens (tertiary/aromatic N) is 4. The van der Waals surface area contributed by atoms with Crippen molar-refractivity contribution in [3.63, 3.8) is 0 Å². The quantitative estimate of drug-likeness (QED) is 0.855. The third kappa shape index (κ3) is 3.67. The van der Waals surface area contributed by atoms with Gasteiger partial charge in [0.15, 0.2) is 0 Å². The van der Waals surface area contributed by atoms with Crippen molar-refractivity contribution in [1.82, 2.24) is 19.8 Å². The van der Waals surface area contributed by atoms with Gasteiger partial charge in [0.1, 0.15) is 0 Å². The minimum absolute atomic E-state index is 0.0296. The van der Waals surface area contributed by atoms with Crippen LogP contribution in [0.3, 0.4) is 0 Å². The van der Waals surface area contributed by atoms with Crippen molar-refractivity contribution in [3.05, 3.63) is 35.2 Å². The summed E-state index contributed by atoms with van der Waals surface area (Å²) in [6, 6.07) is 5.60. The lowest BCUT2D eigenvalue weighted by Crippen LogP contribution is -2.45. The van der Waals surface area contributed by atoms with E-state index in [1.807, 2.05) is 36.9 Å². The van der Waals surface area contributed by atoms with Crippen LogP contribution < -0.4 is 0 Å². The molecule has 144 valence electrons. The normalized spacial score (nSPS) is 24.3. The fourth-order valence-electron chi connectivity index (χ4n) is 3.90. The molecule has 27 heavy (non-hydrogen) atoms. The van der Waals surface area contributed by atoms with Crippen molar-refractivity contribution >= 4 is 16.9 Å². The van der Waals surface area contributed by atoms with Crippen molar-refractivity contribution < 1.29 is 14.6 Å². The molecule has 0 saturated carbocycles. The van der Waals surface area contributed by atoms with E-state index in [1.54, 1.807) is 0 Å². The molecule has 2 saturated heterocycles. The average molecular weight is 370 g/mol. The van der Waals surface area contributed by atoms with E-state index in [-0.39, 0.29) is 11.9 Å². The molecule has 0 spiro atoms. The number of rotatable bonds is 2. The Bertz CT molecular complexity index is 856. The van der Waals surface area contributed by atoms with Crippen molar-refractivity contribution in [2.24, 2.45) is 0 Å². The largest absolute Gasteiger partial charge is 0.389 e. The molecule has 0 radical (unpaired) electrons. The topological polar surface area (TPSA) is 78.8 Å². The molecule has 7 nitrogen and oxygen atoms in total. The first-order valence-electron chi connectivity index (χ1n) is 9.57. The van der Waals surface area contributed by atoms with Gasteiger partial charge in [0.05, 0.1) is 47.8 Å². The number of aliphatic hydroxyl groups is 1. The van der Waals surface area contributed by atoms with E-state index in [0.717, 1.165) is 48.5 Å². The number of amides is 1. The summed E-state index contributed by atoms with van der Waals surface area (Å²) in [5, 5.41) is 10.1. The number of ether oxygens (including phenoxy) is 1. The maximum absolute atomic E-state index is 13.0. The molecule has 0 unspecified atom stereocenters. The van der Waals surface area contributed by atoms with E-state index in [4.69, 9.17) is 4.74 Å². The SMILES string of the molecule is Cc1nc2ccc(C(=O)N3CCCN([C@H]4COC[C@@H]4O)CC3)cc2nc1C. The number of aromatic nitrogens is 2. The molecular weight excluding hydrogens is 344 g/mol. The van der Waals surface area contributed by atoms with Gasteiger partial charge in [-0.25, -0.2) is 9.97 Å². The molecule has 7 heteroatoms. The van der Waals surface area contributed by atoms with Crippen molar-refractivity contribution in [3.8, 4) is 0 Å². The number of fused-ring (bicyclic) bond motifs is 1. The summed E-state index contributed by atoms with van der Waals surface area (Å²) in [5.41, 5.74) is 4.01. The van der Waals surface area contributed by atoms with Gasteiger partial charge in [0.2, 0.25) is 0 Å². The van der Waals surface area contributed by atoms with Gasteiger partial charge in [-0.15, -0.1) is 0 Å². The molecule has 1 aromatic carbocycles. The number of hydrogen-bond acceptors (Lipinski definition) is 6. The van der Waals surface area contributed by atoms with E-state index in [2.05, 4.69) is 14.9 Å². The Labute approximate surface area is 159 Å². The Morgan fingerprint density at radius 2 is 1.85 bits per heavy atom. The molecule has 2 aromatic rings. The van der Waals surface area contributed by atoms with E-state index in [1.165, 1.54) is 0 Å². The second-order valence-corrected chi connectivity index (χ2v) is 7.45. The molecule has 0 bridgehead atoms. The van der Waals surface area contributed by atoms with Gasteiger partial charge >= 0.3 is 0 Å². The fraction of sp³-hybridized carbons (Fsp3) is 0.550. The van der Waals surface area contributed by atoms with E-state index in [9.17, 15) is 9.90 Å². The molecule has 1 N–H and O–H groups in total. The van der Waals surface area contributed by atoms with Crippen LogP contribution in [0.2, 0.25) is 0 Å². The molecule has 2 atom stereocenters. The van der Waals surface area contributed by atoms with Crippen molar-refractivity contribution in [2.75, 3.05) is 39.4 Å². The predicted molar refractivity (Wildman–Crippen MR) is 102 cm³/mol. The number of aliphatic hydroxyl groups excluding tert-OH is 1. The first-order chi connectivity index (χ1) is 13.0. The summed E-state index contributed by atoms with van der Waals surface area (Å²) in [7, 11) is 0. The molecule has 1 aromatic heterocycles. The number of hydrogen-bond donors (Lipinski definition) is 1. The zero-order chi connectivity index (χ0) is 19.0. The lowest BCUT2D eigenvalue weighted by atomic mass is 10.1. The average Bonchev–Trinajstić information content (AvgIpc) is 2.94. The summed E-state index contributed by atoms with van der Waals surface area (Å²) < 4.78 is 5.38. The Hall–Kier alpha value is -2.09. The number of aryl methyl sites for hydroxylation is 2. The van der Waals surface area contributed by atoms with Crippen LogP contribution in [0, 0.1) is 13.8 Å². The summed E-state index contributed by atoms with van der Waals surface area (Å²) in [5.74, 6) is 0.0296. The van der Waals surface area contributed by atoms with Crippen LogP contribution in [-0.4, -0.2) is 82.3 Å². The van der Waals surface area contributed by atoms with Gasteiger partial charge in [-0.1, -0.05) is 0 Å². The van der Waals surface area contributed by atoms with Crippen LogP contribution in [0.4, 0.5) is 0 Å². The smallest absolute Gasteiger partial charge is 0.253 e. The minimum atomic E-state index is -0.432. The molecule has 0 aliphatic carbocycles. The summed E-state index contributed by atoms with van der Waals surface area (Å²) in [4.78, 5) is 26.3. The van der Waals surface area contributed by atoms with Crippen LogP contribution in [-0.2, 0) is 4.74 Å². The van der Waals surface area contributed by atoms with Crippen molar-refractivity contribution in [2.45, 2.75) is 32.4 Å². The summed E-state index contributed by atoms with van der Waals surface area (Å²) >= 11 is 0. The monoisotopic (exact) mass is 370 g/mol. The van der Waals surface area contributed by atoms with Crippen LogP contribution in [0.1, 0.15) is 28.2 Å². The maximum Gasteiger partial charge on any atom is 0.253 e. The second-order valence-electron chi connectivity index (χ2n) is 7.45. The summed E-state index contributed by atoms with van der Waals surface area (Å²) in [6.07, 6.45) is 0.457. The molecule has 2 fully saturated rings. The molecule has 2 aliphatic heterocycles. The molecule has 4 rings (SSSR count). The van der Waals surface area contributed by atoms with Gasteiger partial charge < -0.3 is 14.7 Å². The highest BCUT2D eigenvalue weighted by atomic mass is 16.5. The van der Waals surface area contributed by atoms with Crippen LogP contribution in [0.5, 0.6) is 0 Å². The first-order valence-corrected chi connectivity index (χ1v) is 9.57. The lowest BCUT2D eigenvalue weighted by molar-refractivity contribution is 0.0725. The zero-order valence-corrected chi connectivity index (χ0v) is 15.9. The number of carbonyl (C=O) groups is 1. The lowest BCUT2D eigenvalue weighted by Gasteiger charge is -2.28. The van der Waals surface area contributed by atoms with E-state index in [0.29, 0.717) is 25.3 Å². The highest BCUT2D eigenvalue weighted by Gasteiger charge is 2.33. The highest BCUT2D eigenvalue weighted by molar-refractivity contribution is 5.97. The Morgan fingerprint density at radius 1 is 1.07 bits per heavy atom. The van der Waals surface area contributed by atoms with E-state index < -0.39 is 6.10 Å². The highest BCUT2D eigenvalue weighted by Crippen LogP contribution is 2.19. The standard InChI is InChI=1S/C20H26N4O3/c1-13-14(2)22-17-10-15(4-5-16(17)21-13)20(26)24-7-3-6-23(8-9-24)18-11-27-12-19(18)25/h4-5,10,18-19,25H,3,6-9,11-12H2,1-2H3/t18-,19-/m0/s1. The zero-order valence-electron chi connectivity index (χ0n) is 15.9. The number of carbonyl (C=O) groups excluding carboxylic acids is 1. The fourth-order valence-corrected chi connectivity index (χ4v) is 3.90. The Balaban J connectivity index is 1.49. The van der Waals surface area contributed by atoms with Gasteiger partial charge in [0.25, 0.3) is 5.91 Å². The molecular formula is C20H26N4O3. The predicted octanol–water partition coefficient (Wildman–Crippen LogP) is 1.15. The maximum atomic E-state index is 13.0. The number of benzene rings is 1. The Morgan fingerprint density at radius 3 is 2.59 bits per heavy atom. The summed E-state index contributed by atoms with van der Waals surface area (Å²) in [6.45, 7) is 7.84. The van der Waals surface area contributed by atoms with Crippen molar-refractivity contribution in [1.29, 1.82) is 0 Å². The first kappa shape index (κ1) is 18.3. The third-order valence-electron chi connectivity index (χ3n) is 5.63. The molecule has 1 amide bonds. The van der Waals surface area contributed by atoms with Gasteiger partial charge in [-0.05, 0) is 38.5 Å². The molecule has 2 aliphatic rings. The van der Waals surface area contributed by atoms with Gasteiger partial charge in [-0.3, -0.25) is 9.69 Å².